The predicted octanol–water partition coefficient (Wildman–Crippen LogP) is 1.88. The minimum Gasteiger partial charge on any atom is -0.361 e. The number of likely N-dealkylation sites (N-methyl/N-ethyl adjacent to an activating group) is 1. The van der Waals surface area contributed by atoms with Crippen molar-refractivity contribution in [2.75, 3.05) is 52.9 Å². The van der Waals surface area contributed by atoms with Crippen molar-refractivity contribution < 1.29 is 4.52 Å². The predicted molar refractivity (Wildman–Crippen MR) is 111 cm³/mol. The van der Waals surface area contributed by atoms with Gasteiger partial charge in [0.2, 0.25) is 0 Å². The summed E-state index contributed by atoms with van der Waals surface area (Å²) in [6, 6.07) is 0. The molecule has 2 rings (SSSR count). The molecule has 154 valence electrons. The van der Waals surface area contributed by atoms with E-state index in [4.69, 9.17) is 9.52 Å². The van der Waals surface area contributed by atoms with Gasteiger partial charge in [-0.2, -0.15) is 0 Å². The van der Waals surface area contributed by atoms with Gasteiger partial charge < -0.3 is 25.0 Å². The molecule has 7 heteroatoms. The maximum Gasteiger partial charge on any atom is 0.191 e. The molecule has 7 nitrogen and oxygen atoms in total. The summed E-state index contributed by atoms with van der Waals surface area (Å²) in [5.74, 6) is 1.83. The van der Waals surface area contributed by atoms with Gasteiger partial charge in [-0.1, -0.05) is 19.0 Å². The lowest BCUT2D eigenvalue weighted by atomic mass is 10.1. The number of unbranched alkanes of at least 4 members (excludes halogenated alkanes) is 1. The van der Waals surface area contributed by atoms with Crippen molar-refractivity contribution in [1.82, 2.24) is 25.6 Å². The Morgan fingerprint density at radius 1 is 1.07 bits per heavy atom. The van der Waals surface area contributed by atoms with Gasteiger partial charge in [0.1, 0.15) is 5.76 Å². The zero-order chi connectivity index (χ0) is 19.5. The quantitative estimate of drug-likeness (QED) is 0.368. The maximum atomic E-state index is 5.44. The number of nitrogens with zero attached hydrogens (tertiary/aromatic N) is 4. The van der Waals surface area contributed by atoms with Crippen LogP contribution in [0.2, 0.25) is 0 Å². The van der Waals surface area contributed by atoms with Crippen LogP contribution in [0.25, 0.3) is 0 Å². The first kappa shape index (κ1) is 21.7. The average molecular weight is 379 g/mol. The van der Waals surface area contributed by atoms with E-state index in [9.17, 15) is 0 Å². The van der Waals surface area contributed by atoms with Crippen molar-refractivity contribution in [2.45, 2.75) is 53.0 Å². The number of hydrogen-bond acceptors (Lipinski definition) is 5. The van der Waals surface area contributed by atoms with E-state index >= 15 is 0 Å². The molecule has 0 spiro atoms. The summed E-state index contributed by atoms with van der Waals surface area (Å²) in [5, 5.41) is 11.0. The molecule has 1 aromatic heterocycles. The topological polar surface area (TPSA) is 68.9 Å². The van der Waals surface area contributed by atoms with Crippen molar-refractivity contribution in [2.24, 2.45) is 4.99 Å². The average Bonchev–Trinajstić information content (AvgIpc) is 3.09. The van der Waals surface area contributed by atoms with Gasteiger partial charge in [-0.15, -0.1) is 0 Å². The minimum absolute atomic E-state index is 0.618. The third-order valence-corrected chi connectivity index (χ3v) is 5.14. The van der Waals surface area contributed by atoms with E-state index in [1.54, 1.807) is 0 Å². The first-order valence-electron chi connectivity index (χ1n) is 10.6. The van der Waals surface area contributed by atoms with E-state index in [2.05, 4.69) is 53.4 Å². The molecule has 0 aliphatic carbocycles. The Bertz CT molecular complexity index is 541. The number of piperazine rings is 1. The highest BCUT2D eigenvalue weighted by molar-refractivity contribution is 5.79. The number of nitrogens with one attached hydrogen (secondary N) is 2. The van der Waals surface area contributed by atoms with Crippen LogP contribution in [-0.2, 0) is 19.4 Å². The number of aromatic nitrogens is 1. The van der Waals surface area contributed by atoms with E-state index in [0.717, 1.165) is 55.3 Å². The Kier molecular flexibility index (Phi) is 9.62. The van der Waals surface area contributed by atoms with E-state index in [0.29, 0.717) is 6.54 Å². The molecule has 2 heterocycles. The lowest BCUT2D eigenvalue weighted by Crippen LogP contribution is -2.44. The molecule has 2 N–H and O–H groups in total. The zero-order valence-electron chi connectivity index (χ0n) is 17.7. The fourth-order valence-electron chi connectivity index (χ4n) is 3.36. The van der Waals surface area contributed by atoms with Crippen molar-refractivity contribution >= 4 is 5.96 Å². The molecule has 1 saturated heterocycles. The number of rotatable bonds is 10. The van der Waals surface area contributed by atoms with Crippen LogP contribution in [0.15, 0.2) is 9.52 Å². The Morgan fingerprint density at radius 2 is 1.85 bits per heavy atom. The first-order valence-corrected chi connectivity index (χ1v) is 10.6. The zero-order valence-corrected chi connectivity index (χ0v) is 17.7. The van der Waals surface area contributed by atoms with Crippen LogP contribution in [-0.4, -0.2) is 73.8 Å². The molecule has 1 aliphatic heterocycles. The number of aliphatic imine (C=N–C) groups is 1. The van der Waals surface area contributed by atoms with Gasteiger partial charge in [0, 0.05) is 51.3 Å². The van der Waals surface area contributed by atoms with E-state index in [1.807, 2.05) is 0 Å². The van der Waals surface area contributed by atoms with Gasteiger partial charge in [-0.05, 0) is 39.8 Å². The van der Waals surface area contributed by atoms with E-state index < -0.39 is 0 Å². The van der Waals surface area contributed by atoms with E-state index in [-0.39, 0.29) is 0 Å². The highest BCUT2D eigenvalue weighted by atomic mass is 16.5. The van der Waals surface area contributed by atoms with Crippen LogP contribution < -0.4 is 10.6 Å². The maximum absolute atomic E-state index is 5.44. The molecule has 1 fully saturated rings. The SMILES string of the molecule is CCNC(=NCc1c(CC)noc1CC)NCCCCN1CCN(C)CC1. The second-order valence-corrected chi connectivity index (χ2v) is 7.21. The smallest absolute Gasteiger partial charge is 0.191 e. The van der Waals surface area contributed by atoms with Gasteiger partial charge >= 0.3 is 0 Å². The minimum atomic E-state index is 0.618. The molecular formula is C20H38N6O. The molecule has 0 amide bonds. The molecule has 0 bridgehead atoms. The summed E-state index contributed by atoms with van der Waals surface area (Å²) in [5.41, 5.74) is 2.17. The molecule has 27 heavy (non-hydrogen) atoms. The number of guanidine groups is 1. The summed E-state index contributed by atoms with van der Waals surface area (Å²) in [4.78, 5) is 9.72. The van der Waals surface area contributed by atoms with Gasteiger partial charge in [-0.3, -0.25) is 0 Å². The summed E-state index contributed by atoms with van der Waals surface area (Å²) < 4.78 is 5.44. The van der Waals surface area contributed by atoms with Crippen molar-refractivity contribution in [3.8, 4) is 0 Å². The molecular weight excluding hydrogens is 340 g/mol. The van der Waals surface area contributed by atoms with Crippen LogP contribution >= 0.6 is 0 Å². The molecule has 1 aliphatic rings. The first-order chi connectivity index (χ1) is 13.2. The fraction of sp³-hybridized carbons (Fsp3) is 0.800. The van der Waals surface area contributed by atoms with Crippen LogP contribution in [0.4, 0.5) is 0 Å². The van der Waals surface area contributed by atoms with Crippen molar-refractivity contribution in [3.63, 3.8) is 0 Å². The number of hydrogen-bond donors (Lipinski definition) is 2. The second-order valence-electron chi connectivity index (χ2n) is 7.21. The Balaban J connectivity index is 1.74. The molecule has 0 unspecified atom stereocenters. The highest BCUT2D eigenvalue weighted by Gasteiger charge is 2.14. The molecule has 0 atom stereocenters. The van der Waals surface area contributed by atoms with Crippen LogP contribution in [0.3, 0.4) is 0 Å². The van der Waals surface area contributed by atoms with Gasteiger partial charge in [0.05, 0.1) is 12.2 Å². The third-order valence-electron chi connectivity index (χ3n) is 5.14. The Hall–Kier alpha value is -1.60. The van der Waals surface area contributed by atoms with Crippen molar-refractivity contribution in [1.29, 1.82) is 0 Å². The molecule has 0 saturated carbocycles. The summed E-state index contributed by atoms with van der Waals surface area (Å²) in [6.07, 6.45) is 4.12. The van der Waals surface area contributed by atoms with Gasteiger partial charge in [0.25, 0.3) is 0 Å². The van der Waals surface area contributed by atoms with Gasteiger partial charge in [-0.25, -0.2) is 4.99 Å². The third kappa shape index (κ3) is 7.14. The van der Waals surface area contributed by atoms with Crippen LogP contribution in [0.5, 0.6) is 0 Å². The normalized spacial score (nSPS) is 16.7. The second kappa shape index (κ2) is 12.0. The van der Waals surface area contributed by atoms with Crippen molar-refractivity contribution in [3.05, 3.63) is 17.0 Å². The molecule has 0 radical (unpaired) electrons. The highest BCUT2D eigenvalue weighted by Crippen LogP contribution is 2.16. The molecule has 1 aromatic rings. The fourth-order valence-corrected chi connectivity index (χ4v) is 3.36. The summed E-state index contributed by atoms with van der Waals surface area (Å²) in [6.45, 7) is 14.7. The lowest BCUT2D eigenvalue weighted by Gasteiger charge is -2.32. The van der Waals surface area contributed by atoms with E-state index in [1.165, 1.54) is 39.1 Å². The Labute approximate surface area is 164 Å². The standard InChI is InChI=1S/C20H38N6O/c1-5-18-17(19(6-2)27-24-18)16-23-20(21-7-3)22-10-8-9-11-26-14-12-25(4)13-15-26/h5-16H2,1-4H3,(H2,21,22,23). The molecule has 0 aromatic carbocycles. The lowest BCUT2D eigenvalue weighted by molar-refractivity contribution is 0.152. The Morgan fingerprint density at radius 3 is 2.52 bits per heavy atom. The van der Waals surface area contributed by atoms with Crippen LogP contribution in [0.1, 0.15) is 50.6 Å². The van der Waals surface area contributed by atoms with Crippen LogP contribution in [0, 0.1) is 0 Å². The summed E-state index contributed by atoms with van der Waals surface area (Å²) >= 11 is 0. The largest absolute Gasteiger partial charge is 0.361 e. The number of aryl methyl sites for hydroxylation is 2. The monoisotopic (exact) mass is 378 g/mol. The summed E-state index contributed by atoms with van der Waals surface area (Å²) in [7, 11) is 2.20. The van der Waals surface area contributed by atoms with Gasteiger partial charge in [0.15, 0.2) is 5.96 Å².